The van der Waals surface area contributed by atoms with E-state index < -0.39 is 12.1 Å². The van der Waals surface area contributed by atoms with Gasteiger partial charge in [-0.1, -0.05) is 0 Å². The van der Waals surface area contributed by atoms with E-state index in [2.05, 4.69) is 15.3 Å². The molecule has 6 heteroatoms. The van der Waals surface area contributed by atoms with Gasteiger partial charge in [-0.05, 0) is 57.5 Å². The molecular formula is C20H28N4O2. The number of aromatic nitrogens is 2. The summed E-state index contributed by atoms with van der Waals surface area (Å²) in [5.41, 5.74) is 8.74. The summed E-state index contributed by atoms with van der Waals surface area (Å²) in [6.07, 6.45) is 3.19. The van der Waals surface area contributed by atoms with Crippen molar-refractivity contribution in [2.75, 3.05) is 0 Å². The highest BCUT2D eigenvalue weighted by Crippen LogP contribution is 2.13. The molecule has 1 amide bonds. The molecule has 0 saturated heterocycles. The van der Waals surface area contributed by atoms with Gasteiger partial charge in [0.25, 0.3) is 5.91 Å². The Morgan fingerprint density at radius 2 is 1.96 bits per heavy atom. The molecule has 0 aliphatic carbocycles. The summed E-state index contributed by atoms with van der Waals surface area (Å²) in [4.78, 5) is 21.1. The molecule has 2 atom stereocenters. The van der Waals surface area contributed by atoms with Crippen LogP contribution in [-0.2, 0) is 12.8 Å². The Morgan fingerprint density at radius 3 is 2.62 bits per heavy atom. The van der Waals surface area contributed by atoms with Crippen molar-refractivity contribution in [3.8, 4) is 0 Å². The Morgan fingerprint density at radius 1 is 1.23 bits per heavy atom. The van der Waals surface area contributed by atoms with Crippen LogP contribution >= 0.6 is 0 Å². The summed E-state index contributed by atoms with van der Waals surface area (Å²) >= 11 is 0. The van der Waals surface area contributed by atoms with Gasteiger partial charge in [-0.25, -0.2) is 0 Å². The van der Waals surface area contributed by atoms with Crippen molar-refractivity contribution in [1.82, 2.24) is 15.3 Å². The van der Waals surface area contributed by atoms with Crippen molar-refractivity contribution in [1.29, 1.82) is 0 Å². The van der Waals surface area contributed by atoms with Gasteiger partial charge < -0.3 is 16.2 Å². The second-order valence-electron chi connectivity index (χ2n) is 7.67. The molecule has 2 aromatic rings. The lowest BCUT2D eigenvalue weighted by Gasteiger charge is -2.22. The van der Waals surface area contributed by atoms with Gasteiger partial charge in [-0.15, -0.1) is 0 Å². The van der Waals surface area contributed by atoms with Crippen molar-refractivity contribution < 1.29 is 9.90 Å². The number of pyridine rings is 2. The van der Waals surface area contributed by atoms with Gasteiger partial charge in [0.05, 0.1) is 17.4 Å². The van der Waals surface area contributed by atoms with Gasteiger partial charge in [-0.3, -0.25) is 14.8 Å². The number of aryl methyl sites for hydroxylation is 1. The molecular weight excluding hydrogens is 328 g/mol. The summed E-state index contributed by atoms with van der Waals surface area (Å²) in [5.74, 6) is -0.207. The number of rotatable bonds is 6. The summed E-state index contributed by atoms with van der Waals surface area (Å²) in [6.45, 7) is 7.74. The third kappa shape index (κ3) is 5.89. The van der Waals surface area contributed by atoms with Crippen molar-refractivity contribution in [3.05, 3.63) is 59.2 Å². The maximum Gasteiger partial charge on any atom is 0.253 e. The van der Waals surface area contributed by atoms with E-state index in [4.69, 9.17) is 5.73 Å². The first kappa shape index (κ1) is 20.0. The maximum absolute atomic E-state index is 12.5. The van der Waals surface area contributed by atoms with Gasteiger partial charge in [-0.2, -0.15) is 0 Å². The van der Waals surface area contributed by atoms with E-state index in [9.17, 15) is 9.90 Å². The molecule has 0 spiro atoms. The molecule has 2 aromatic heterocycles. The Labute approximate surface area is 154 Å². The molecule has 0 aromatic carbocycles. The molecule has 0 aliphatic rings. The lowest BCUT2D eigenvalue weighted by molar-refractivity contribution is 0.0916. The molecule has 6 nitrogen and oxygen atoms in total. The van der Waals surface area contributed by atoms with Crippen LogP contribution in [0, 0.1) is 6.92 Å². The third-order valence-corrected chi connectivity index (χ3v) is 3.94. The smallest absolute Gasteiger partial charge is 0.253 e. The fourth-order valence-corrected chi connectivity index (χ4v) is 2.65. The van der Waals surface area contributed by atoms with Crippen LogP contribution in [0.5, 0.6) is 0 Å². The van der Waals surface area contributed by atoms with Crippen LogP contribution in [0.3, 0.4) is 0 Å². The van der Waals surface area contributed by atoms with Gasteiger partial charge in [0.2, 0.25) is 0 Å². The van der Waals surface area contributed by atoms with E-state index in [-0.39, 0.29) is 17.9 Å². The van der Waals surface area contributed by atoms with Crippen LogP contribution in [-0.4, -0.2) is 38.7 Å². The minimum absolute atomic E-state index is 0.207. The Balaban J connectivity index is 2.08. The quantitative estimate of drug-likeness (QED) is 0.732. The zero-order valence-corrected chi connectivity index (χ0v) is 15.9. The number of hydrogen-bond acceptors (Lipinski definition) is 5. The number of aliphatic hydroxyl groups excluding tert-OH is 1. The van der Waals surface area contributed by atoms with E-state index in [1.807, 2.05) is 39.8 Å². The van der Waals surface area contributed by atoms with Crippen LogP contribution in [0.2, 0.25) is 0 Å². The molecule has 4 N–H and O–H groups in total. The van der Waals surface area contributed by atoms with E-state index in [1.165, 1.54) is 0 Å². The number of nitrogens with zero attached hydrogens (tertiary/aromatic N) is 2. The van der Waals surface area contributed by atoms with E-state index >= 15 is 0 Å². The molecule has 0 bridgehead atoms. The zero-order chi connectivity index (χ0) is 19.3. The van der Waals surface area contributed by atoms with Gasteiger partial charge in [0.15, 0.2) is 0 Å². The molecule has 0 fully saturated rings. The van der Waals surface area contributed by atoms with Crippen molar-refractivity contribution in [2.45, 2.75) is 58.2 Å². The van der Waals surface area contributed by atoms with Gasteiger partial charge in [0.1, 0.15) is 0 Å². The van der Waals surface area contributed by atoms with Crippen LogP contribution in [0.1, 0.15) is 48.1 Å². The predicted molar refractivity (Wildman–Crippen MR) is 102 cm³/mol. The fraction of sp³-hybridized carbons (Fsp3) is 0.450. The van der Waals surface area contributed by atoms with Crippen LogP contribution in [0.4, 0.5) is 0 Å². The highest BCUT2D eigenvalue weighted by Gasteiger charge is 2.22. The van der Waals surface area contributed by atoms with Gasteiger partial charge >= 0.3 is 0 Å². The Hall–Kier alpha value is -2.31. The average Bonchev–Trinajstić information content (AvgIpc) is 2.53. The topological polar surface area (TPSA) is 101 Å². The van der Waals surface area contributed by atoms with E-state index in [1.54, 1.807) is 24.5 Å². The molecule has 2 heterocycles. The number of carbonyl (C=O) groups is 1. The van der Waals surface area contributed by atoms with Crippen LogP contribution in [0.25, 0.3) is 0 Å². The summed E-state index contributed by atoms with van der Waals surface area (Å²) in [7, 11) is 0. The maximum atomic E-state index is 12.5. The second-order valence-corrected chi connectivity index (χ2v) is 7.67. The number of carbonyl (C=O) groups excluding carboxylic acids is 1. The number of amides is 1. The van der Waals surface area contributed by atoms with Crippen LogP contribution in [0.15, 0.2) is 36.7 Å². The zero-order valence-electron chi connectivity index (χ0n) is 15.9. The minimum atomic E-state index is -0.826. The first-order valence-electron chi connectivity index (χ1n) is 8.77. The molecule has 26 heavy (non-hydrogen) atoms. The third-order valence-electron chi connectivity index (χ3n) is 3.94. The lowest BCUT2D eigenvalue weighted by Crippen LogP contribution is -2.42. The second kappa shape index (κ2) is 8.38. The molecule has 0 unspecified atom stereocenters. The highest BCUT2D eigenvalue weighted by atomic mass is 16.3. The minimum Gasteiger partial charge on any atom is -0.391 e. The summed E-state index contributed by atoms with van der Waals surface area (Å²) < 4.78 is 0. The van der Waals surface area contributed by atoms with Crippen molar-refractivity contribution >= 4 is 5.91 Å². The SMILES string of the molecule is Cc1ccnc(C[C@@H](N)[C@@H](O)Cc2ncccc2C(=O)NC(C)(C)C)c1. The highest BCUT2D eigenvalue weighted by molar-refractivity contribution is 5.95. The lowest BCUT2D eigenvalue weighted by atomic mass is 9.98. The largest absolute Gasteiger partial charge is 0.391 e. The average molecular weight is 356 g/mol. The molecule has 2 rings (SSSR count). The monoisotopic (exact) mass is 356 g/mol. The number of hydrogen-bond donors (Lipinski definition) is 3. The molecule has 140 valence electrons. The first-order valence-corrected chi connectivity index (χ1v) is 8.77. The number of nitrogens with two attached hydrogens (primary N) is 1. The van der Waals surface area contributed by atoms with Crippen molar-refractivity contribution in [2.24, 2.45) is 5.73 Å². The first-order chi connectivity index (χ1) is 12.2. The van der Waals surface area contributed by atoms with E-state index in [0.717, 1.165) is 11.3 Å². The van der Waals surface area contributed by atoms with Crippen molar-refractivity contribution in [3.63, 3.8) is 0 Å². The predicted octanol–water partition coefficient (Wildman–Crippen LogP) is 1.79. The summed E-state index contributed by atoms with van der Waals surface area (Å²) in [6, 6.07) is 6.80. The Kier molecular flexibility index (Phi) is 6.45. The number of aliphatic hydroxyl groups is 1. The molecule has 0 radical (unpaired) electrons. The van der Waals surface area contributed by atoms with Crippen LogP contribution < -0.4 is 11.1 Å². The standard InChI is InChI=1S/C20H28N4O2/c1-13-7-9-22-14(10-13)11-16(21)18(25)12-17-15(6-5-8-23-17)19(26)24-20(2,3)4/h5-10,16,18,25H,11-12,21H2,1-4H3,(H,24,26)/t16-,18+/m1/s1. The van der Waals surface area contributed by atoms with E-state index in [0.29, 0.717) is 17.7 Å². The Bertz CT molecular complexity index is 755. The summed E-state index contributed by atoms with van der Waals surface area (Å²) in [5, 5.41) is 13.4. The van der Waals surface area contributed by atoms with Gasteiger partial charge in [0, 0.05) is 42.5 Å². The fourth-order valence-electron chi connectivity index (χ4n) is 2.65. The molecule has 0 aliphatic heterocycles. The number of nitrogens with one attached hydrogen (secondary N) is 1. The normalized spacial score (nSPS) is 13.9. The molecule has 0 saturated carbocycles.